The zero-order valence-electron chi connectivity index (χ0n) is 14.1. The number of alkyl halides is 1. The molecule has 2 fully saturated rings. The van der Waals surface area contributed by atoms with Gasteiger partial charge in [-0.1, -0.05) is 34.1 Å². The first-order valence-corrected chi connectivity index (χ1v) is 11.1. The van der Waals surface area contributed by atoms with E-state index in [1.165, 1.54) is 7.11 Å². The average Bonchev–Trinajstić information content (AvgIpc) is 2.88. The Morgan fingerprint density at radius 2 is 2.08 bits per heavy atom. The van der Waals surface area contributed by atoms with Gasteiger partial charge in [-0.15, -0.1) is 0 Å². The van der Waals surface area contributed by atoms with Crippen LogP contribution in [0.1, 0.15) is 19.3 Å². The molecule has 0 saturated carbocycles. The van der Waals surface area contributed by atoms with E-state index in [9.17, 15) is 14.3 Å². The van der Waals surface area contributed by atoms with Crippen LogP contribution in [0, 0.1) is 5.92 Å². The summed E-state index contributed by atoms with van der Waals surface area (Å²) in [5, 5.41) is 1.07. The molecule has 3 rings (SSSR count). The largest absolute Gasteiger partial charge is 0.469 e. The van der Waals surface area contributed by atoms with E-state index >= 15 is 0 Å². The zero-order valence-corrected chi connectivity index (χ0v) is 16.6. The molecule has 0 aromatic heterocycles. The molecule has 0 spiro atoms. The van der Waals surface area contributed by atoms with E-state index in [0.717, 1.165) is 24.7 Å². The average molecular weight is 432 g/mol. The van der Waals surface area contributed by atoms with Gasteiger partial charge < -0.3 is 14.2 Å². The molecule has 1 aromatic carbocycles. The molecular formula is C17H23BrNO5P. The number of methoxy groups -OCH3 is 1. The van der Waals surface area contributed by atoms with Crippen molar-refractivity contribution in [3.63, 3.8) is 0 Å². The van der Waals surface area contributed by atoms with E-state index in [2.05, 4.69) is 20.8 Å². The predicted molar refractivity (Wildman–Crippen MR) is 98.2 cm³/mol. The van der Waals surface area contributed by atoms with Crippen molar-refractivity contribution in [2.45, 2.75) is 37.5 Å². The highest BCUT2D eigenvalue weighted by atomic mass is 79.9. The number of ether oxygens (including phenoxy) is 1. The fourth-order valence-corrected chi connectivity index (χ4v) is 5.79. The minimum Gasteiger partial charge on any atom is -0.469 e. The lowest BCUT2D eigenvalue weighted by atomic mass is 9.87. The number of halogens is 1. The quantitative estimate of drug-likeness (QED) is 0.423. The Morgan fingerprint density at radius 1 is 1.36 bits per heavy atom. The van der Waals surface area contributed by atoms with Crippen molar-refractivity contribution in [2.75, 3.05) is 19.0 Å². The van der Waals surface area contributed by atoms with E-state index in [1.807, 2.05) is 0 Å². The Balaban J connectivity index is 1.85. The predicted octanol–water partition coefficient (Wildman–Crippen LogP) is 2.30. The van der Waals surface area contributed by atoms with Gasteiger partial charge in [0.1, 0.15) is 0 Å². The van der Waals surface area contributed by atoms with Crippen LogP contribution in [0.25, 0.3) is 0 Å². The second-order valence-electron chi connectivity index (χ2n) is 6.51. The first-order chi connectivity index (χ1) is 12.0. The van der Waals surface area contributed by atoms with Gasteiger partial charge >= 0.3 is 13.6 Å². The molecule has 0 radical (unpaired) electrons. The standard InChI is InChI=1S/C17H23BrNO5P/c1-23-17(20)16-14-8-7-12(19(14)10-9-18)11-15(16)24-25(21,22)13-5-3-2-4-6-13/h2-6,12,14-16H,7-11H2,1H3,(H,21,22)/t12-,14+,15-,16+/m0/s1. The van der Waals surface area contributed by atoms with Gasteiger partial charge in [-0.3, -0.25) is 14.3 Å². The number of carbonyl (C=O) groups excluding carboxylic acids is 1. The summed E-state index contributed by atoms with van der Waals surface area (Å²) in [5.74, 6) is -0.921. The second-order valence-corrected chi connectivity index (χ2v) is 9.07. The molecule has 2 bridgehead atoms. The summed E-state index contributed by atoms with van der Waals surface area (Å²) < 4.78 is 23.4. The second kappa shape index (κ2) is 7.89. The summed E-state index contributed by atoms with van der Waals surface area (Å²) in [6, 6.07) is 8.57. The number of esters is 1. The van der Waals surface area contributed by atoms with E-state index in [-0.39, 0.29) is 23.4 Å². The first kappa shape index (κ1) is 19.1. The maximum atomic E-state index is 12.7. The van der Waals surface area contributed by atoms with Crippen molar-refractivity contribution in [1.82, 2.24) is 4.90 Å². The van der Waals surface area contributed by atoms with Gasteiger partial charge in [0, 0.05) is 24.0 Å². The molecule has 1 N–H and O–H groups in total. The Labute approximate surface area is 156 Å². The van der Waals surface area contributed by atoms with Crippen LogP contribution >= 0.6 is 23.5 Å². The lowest BCUT2D eigenvalue weighted by molar-refractivity contribution is -0.155. The Kier molecular flexibility index (Phi) is 6.01. The molecule has 138 valence electrons. The third-order valence-corrected chi connectivity index (χ3v) is 7.05. The molecule has 2 aliphatic heterocycles. The maximum absolute atomic E-state index is 12.7. The summed E-state index contributed by atoms with van der Waals surface area (Å²) in [6.45, 7) is 0.838. The van der Waals surface area contributed by atoms with Gasteiger partial charge in [0.15, 0.2) is 0 Å². The van der Waals surface area contributed by atoms with Crippen LogP contribution in [-0.2, 0) is 18.6 Å². The minimum atomic E-state index is -4.00. The molecule has 2 aliphatic rings. The molecule has 2 saturated heterocycles. The third-order valence-electron chi connectivity index (χ3n) is 5.19. The van der Waals surface area contributed by atoms with Crippen molar-refractivity contribution in [3.05, 3.63) is 30.3 Å². The normalized spacial score (nSPS) is 31.5. The van der Waals surface area contributed by atoms with Gasteiger partial charge in [0.2, 0.25) is 0 Å². The highest BCUT2D eigenvalue weighted by Crippen LogP contribution is 2.49. The summed E-state index contributed by atoms with van der Waals surface area (Å²) in [4.78, 5) is 25.2. The van der Waals surface area contributed by atoms with Crippen LogP contribution in [0.5, 0.6) is 0 Å². The maximum Gasteiger partial charge on any atom is 0.359 e. The number of piperidine rings is 1. The van der Waals surface area contributed by atoms with Crippen LogP contribution in [0.15, 0.2) is 30.3 Å². The van der Waals surface area contributed by atoms with E-state index in [1.54, 1.807) is 30.3 Å². The SMILES string of the molecule is COC(=O)[C@H]1[C@@H](OP(=O)(O)c2ccccc2)C[C@@H]2CC[C@H]1N2CCBr. The molecule has 6 nitrogen and oxygen atoms in total. The molecular weight excluding hydrogens is 409 g/mol. The lowest BCUT2D eigenvalue weighted by Gasteiger charge is -2.43. The number of hydrogen-bond acceptors (Lipinski definition) is 5. The van der Waals surface area contributed by atoms with Crippen molar-refractivity contribution in [1.29, 1.82) is 0 Å². The third kappa shape index (κ3) is 3.86. The van der Waals surface area contributed by atoms with E-state index < -0.39 is 19.6 Å². The van der Waals surface area contributed by atoms with Gasteiger partial charge in [-0.2, -0.15) is 0 Å². The first-order valence-electron chi connectivity index (χ1n) is 8.44. The van der Waals surface area contributed by atoms with Crippen LogP contribution in [-0.4, -0.2) is 52.9 Å². The van der Waals surface area contributed by atoms with Crippen LogP contribution in [0.4, 0.5) is 0 Å². The molecule has 0 amide bonds. The smallest absolute Gasteiger partial charge is 0.359 e. The van der Waals surface area contributed by atoms with Crippen molar-refractivity contribution in [2.24, 2.45) is 5.92 Å². The van der Waals surface area contributed by atoms with E-state index in [0.29, 0.717) is 6.42 Å². The lowest BCUT2D eigenvalue weighted by Crippen LogP contribution is -2.55. The summed E-state index contributed by atoms with van der Waals surface area (Å²) in [7, 11) is -2.64. The monoisotopic (exact) mass is 431 g/mol. The summed E-state index contributed by atoms with van der Waals surface area (Å²) >= 11 is 3.46. The minimum absolute atomic E-state index is 0.00970. The molecule has 1 unspecified atom stereocenters. The number of fused-ring (bicyclic) bond motifs is 2. The molecule has 8 heteroatoms. The number of nitrogens with zero attached hydrogens (tertiary/aromatic N) is 1. The summed E-state index contributed by atoms with van der Waals surface area (Å²) in [5.41, 5.74) is 0. The highest BCUT2D eigenvalue weighted by Gasteiger charge is 2.52. The van der Waals surface area contributed by atoms with Gasteiger partial charge in [-0.05, 0) is 31.4 Å². The zero-order chi connectivity index (χ0) is 18.0. The van der Waals surface area contributed by atoms with Crippen LogP contribution in [0.2, 0.25) is 0 Å². The Morgan fingerprint density at radius 3 is 2.72 bits per heavy atom. The van der Waals surface area contributed by atoms with Crippen molar-refractivity contribution in [3.8, 4) is 0 Å². The van der Waals surface area contributed by atoms with Crippen LogP contribution < -0.4 is 5.30 Å². The molecule has 0 aliphatic carbocycles. The van der Waals surface area contributed by atoms with E-state index in [4.69, 9.17) is 9.26 Å². The molecule has 2 heterocycles. The number of hydrogen-bond donors (Lipinski definition) is 1. The highest BCUT2D eigenvalue weighted by molar-refractivity contribution is 9.09. The Bertz CT molecular complexity index is 658. The van der Waals surface area contributed by atoms with Crippen molar-refractivity contribution >= 4 is 34.8 Å². The molecule has 5 atom stereocenters. The van der Waals surface area contributed by atoms with Gasteiger partial charge in [0.05, 0.1) is 24.4 Å². The Hall–Kier alpha value is -0.720. The summed E-state index contributed by atoms with van der Waals surface area (Å²) in [6.07, 6.45) is 1.78. The fourth-order valence-electron chi connectivity index (χ4n) is 4.13. The van der Waals surface area contributed by atoms with Gasteiger partial charge in [0.25, 0.3) is 0 Å². The van der Waals surface area contributed by atoms with Gasteiger partial charge in [-0.25, -0.2) is 0 Å². The van der Waals surface area contributed by atoms with Crippen molar-refractivity contribution < 1.29 is 23.5 Å². The topological polar surface area (TPSA) is 76.1 Å². The molecule has 25 heavy (non-hydrogen) atoms. The number of benzene rings is 1. The number of rotatable bonds is 6. The van der Waals surface area contributed by atoms with Crippen LogP contribution in [0.3, 0.4) is 0 Å². The number of carbonyl (C=O) groups is 1. The molecule has 1 aromatic rings. The fraction of sp³-hybridized carbons (Fsp3) is 0.588.